The number of nitrogens with one attached hydrogen (secondary N) is 1. The lowest BCUT2D eigenvalue weighted by Gasteiger charge is -2.16. The Morgan fingerprint density at radius 3 is 2.37 bits per heavy atom. The predicted octanol–water partition coefficient (Wildman–Crippen LogP) is 4.27. The molecule has 6 heteroatoms. The molecule has 150 valence electrons. The number of fused-ring (bicyclic) bond motifs is 2. The highest BCUT2D eigenvalue weighted by atomic mass is 16.5. The van der Waals surface area contributed by atoms with Crippen molar-refractivity contribution in [2.75, 3.05) is 16.8 Å². The summed E-state index contributed by atoms with van der Waals surface area (Å²) in [6.07, 6.45) is 3.14. The minimum absolute atomic E-state index is 0.119. The van der Waals surface area contributed by atoms with E-state index in [1.807, 2.05) is 17.9 Å². The maximum absolute atomic E-state index is 12.6. The molecule has 1 aliphatic heterocycles. The van der Waals surface area contributed by atoms with Gasteiger partial charge in [0.1, 0.15) is 0 Å². The molecule has 4 rings (SSSR count). The summed E-state index contributed by atoms with van der Waals surface area (Å²) in [7, 11) is 0. The van der Waals surface area contributed by atoms with Crippen LogP contribution < -0.4 is 15.0 Å². The van der Waals surface area contributed by atoms with Crippen LogP contribution in [0.3, 0.4) is 0 Å². The van der Waals surface area contributed by atoms with Gasteiger partial charge in [0.2, 0.25) is 5.88 Å². The fraction of sp³-hybridized carbons (Fsp3) is 0.125. The van der Waals surface area contributed by atoms with E-state index in [4.69, 9.17) is 4.74 Å². The normalized spacial score (nSPS) is 15.7. The van der Waals surface area contributed by atoms with Crippen molar-refractivity contribution in [1.82, 2.24) is 0 Å². The topological polar surface area (TPSA) is 75.7 Å². The second kappa shape index (κ2) is 7.48. The van der Waals surface area contributed by atoms with E-state index in [9.17, 15) is 14.4 Å². The fourth-order valence-corrected chi connectivity index (χ4v) is 3.45. The van der Waals surface area contributed by atoms with Gasteiger partial charge in [0, 0.05) is 28.9 Å². The lowest BCUT2D eigenvalue weighted by molar-refractivity contribution is -0.112. The molecule has 0 spiro atoms. The Morgan fingerprint density at radius 1 is 1.10 bits per heavy atom. The predicted molar refractivity (Wildman–Crippen MR) is 115 cm³/mol. The highest BCUT2D eigenvalue weighted by Crippen LogP contribution is 2.40. The highest BCUT2D eigenvalue weighted by Gasteiger charge is 2.32. The van der Waals surface area contributed by atoms with Gasteiger partial charge < -0.3 is 15.0 Å². The van der Waals surface area contributed by atoms with Crippen LogP contribution in [-0.2, 0) is 4.79 Å². The second-order valence-electron chi connectivity index (χ2n) is 7.05. The van der Waals surface area contributed by atoms with E-state index in [1.54, 1.807) is 49.4 Å². The first kappa shape index (κ1) is 19.4. The third-order valence-corrected chi connectivity index (χ3v) is 4.99. The number of Topliss-reactive ketones (excluding diaryl/α,β-unsaturated/α-hetero) is 2. The van der Waals surface area contributed by atoms with Crippen molar-refractivity contribution >= 4 is 28.8 Å². The van der Waals surface area contributed by atoms with E-state index in [0.717, 1.165) is 5.69 Å². The molecule has 0 fully saturated rings. The molecule has 2 aromatic rings. The van der Waals surface area contributed by atoms with Crippen LogP contribution in [0.5, 0.6) is 5.75 Å². The number of amides is 1. The van der Waals surface area contributed by atoms with E-state index < -0.39 is 0 Å². The number of hydrogen-bond donors (Lipinski definition) is 1. The number of anilines is 2. The standard InChI is InChI=1S/C24H20N2O4/c1-4-26-19-13-15(25-24(29)14(2)3)9-11-20(19)30-21(26)12-10-18-22(27)16-7-5-6-8-17(16)23(18)28/h5-13H,2,4H2,1,3H3,(H,25,29). The Kier molecular flexibility index (Phi) is 4.83. The van der Waals surface area contributed by atoms with Crippen LogP contribution in [0.2, 0.25) is 0 Å². The zero-order valence-electron chi connectivity index (χ0n) is 16.7. The third kappa shape index (κ3) is 3.22. The zero-order chi connectivity index (χ0) is 21.4. The molecule has 6 nitrogen and oxygen atoms in total. The number of rotatable bonds is 4. The SMILES string of the molecule is C=C(C)C(=O)Nc1ccc2c(c1)N(CC)C(=CC=C1C(=O)c3ccccc3C1=O)O2. The molecule has 0 unspecified atom stereocenters. The van der Waals surface area contributed by atoms with Gasteiger partial charge in [-0.1, -0.05) is 30.8 Å². The molecule has 1 heterocycles. The fourth-order valence-electron chi connectivity index (χ4n) is 3.45. The van der Waals surface area contributed by atoms with Gasteiger partial charge in [-0.05, 0) is 44.2 Å². The first-order valence-electron chi connectivity index (χ1n) is 9.57. The maximum Gasteiger partial charge on any atom is 0.250 e. The van der Waals surface area contributed by atoms with E-state index in [0.29, 0.717) is 40.6 Å². The van der Waals surface area contributed by atoms with Crippen molar-refractivity contribution in [3.8, 4) is 5.75 Å². The van der Waals surface area contributed by atoms with E-state index >= 15 is 0 Å². The Hall–Kier alpha value is -3.93. The number of carbonyl (C=O) groups is 3. The number of allylic oxidation sites excluding steroid dienone is 3. The summed E-state index contributed by atoms with van der Waals surface area (Å²) in [4.78, 5) is 38.9. The van der Waals surface area contributed by atoms with Crippen LogP contribution in [0.1, 0.15) is 34.6 Å². The molecule has 0 aromatic heterocycles. The van der Waals surface area contributed by atoms with Gasteiger partial charge in [-0.3, -0.25) is 14.4 Å². The van der Waals surface area contributed by atoms with E-state index in [1.165, 1.54) is 6.08 Å². The summed E-state index contributed by atoms with van der Waals surface area (Å²) >= 11 is 0. The molecule has 30 heavy (non-hydrogen) atoms. The quantitative estimate of drug-likeness (QED) is 0.613. The summed E-state index contributed by atoms with van der Waals surface area (Å²) in [6.45, 7) is 7.84. The summed E-state index contributed by atoms with van der Waals surface area (Å²) < 4.78 is 5.91. The van der Waals surface area contributed by atoms with Gasteiger partial charge in [-0.2, -0.15) is 0 Å². The van der Waals surface area contributed by atoms with Crippen LogP contribution in [0, 0.1) is 0 Å². The molecule has 0 atom stereocenters. The van der Waals surface area contributed by atoms with Crippen molar-refractivity contribution in [2.24, 2.45) is 0 Å². The van der Waals surface area contributed by atoms with Crippen LogP contribution in [-0.4, -0.2) is 24.0 Å². The minimum Gasteiger partial charge on any atom is -0.439 e. The molecule has 1 N–H and O–H groups in total. The molecule has 0 saturated carbocycles. The first-order chi connectivity index (χ1) is 14.4. The Balaban J connectivity index is 1.63. The van der Waals surface area contributed by atoms with Gasteiger partial charge in [0.15, 0.2) is 17.3 Å². The van der Waals surface area contributed by atoms with Crippen LogP contribution >= 0.6 is 0 Å². The molecular formula is C24H20N2O4. The Bertz CT molecular complexity index is 1140. The Morgan fingerprint density at radius 2 is 1.77 bits per heavy atom. The van der Waals surface area contributed by atoms with Crippen molar-refractivity contribution in [3.05, 3.63) is 89.4 Å². The van der Waals surface area contributed by atoms with E-state index in [-0.39, 0.29) is 23.0 Å². The van der Waals surface area contributed by atoms with Crippen molar-refractivity contribution in [2.45, 2.75) is 13.8 Å². The smallest absolute Gasteiger partial charge is 0.250 e. The van der Waals surface area contributed by atoms with Crippen LogP contribution in [0.4, 0.5) is 11.4 Å². The number of benzene rings is 2. The lowest BCUT2D eigenvalue weighted by Crippen LogP contribution is -2.19. The van der Waals surface area contributed by atoms with Crippen LogP contribution in [0.15, 0.2) is 78.2 Å². The van der Waals surface area contributed by atoms with Gasteiger partial charge >= 0.3 is 0 Å². The maximum atomic E-state index is 12.6. The molecule has 0 radical (unpaired) electrons. The van der Waals surface area contributed by atoms with Crippen LogP contribution in [0.25, 0.3) is 0 Å². The average molecular weight is 400 g/mol. The monoisotopic (exact) mass is 400 g/mol. The first-order valence-corrected chi connectivity index (χ1v) is 9.57. The van der Waals surface area contributed by atoms with Gasteiger partial charge in [-0.25, -0.2) is 0 Å². The molecular weight excluding hydrogens is 380 g/mol. The highest BCUT2D eigenvalue weighted by molar-refractivity contribution is 6.39. The van der Waals surface area contributed by atoms with Gasteiger partial charge in [0.05, 0.1) is 11.3 Å². The largest absolute Gasteiger partial charge is 0.439 e. The molecule has 1 amide bonds. The molecule has 2 aliphatic rings. The molecule has 1 aliphatic carbocycles. The number of hydrogen-bond acceptors (Lipinski definition) is 5. The summed E-state index contributed by atoms with van der Waals surface area (Å²) in [5.74, 6) is 0.309. The van der Waals surface area contributed by atoms with Crippen molar-refractivity contribution in [3.63, 3.8) is 0 Å². The van der Waals surface area contributed by atoms with Crippen molar-refractivity contribution in [1.29, 1.82) is 0 Å². The second-order valence-corrected chi connectivity index (χ2v) is 7.05. The average Bonchev–Trinajstić information content (AvgIpc) is 3.21. The summed E-state index contributed by atoms with van der Waals surface area (Å²) in [6, 6.07) is 12.1. The Labute approximate surface area is 174 Å². The molecule has 0 bridgehead atoms. The zero-order valence-corrected chi connectivity index (χ0v) is 16.7. The third-order valence-electron chi connectivity index (χ3n) is 4.99. The van der Waals surface area contributed by atoms with E-state index in [2.05, 4.69) is 11.9 Å². The van der Waals surface area contributed by atoms with Gasteiger partial charge in [-0.15, -0.1) is 0 Å². The molecule has 2 aromatic carbocycles. The number of ether oxygens (including phenoxy) is 1. The van der Waals surface area contributed by atoms with Gasteiger partial charge in [0.25, 0.3) is 5.91 Å². The van der Waals surface area contributed by atoms with Crippen molar-refractivity contribution < 1.29 is 19.1 Å². The number of ketones is 2. The lowest BCUT2D eigenvalue weighted by atomic mass is 10.1. The molecule has 0 saturated heterocycles. The summed E-state index contributed by atoms with van der Waals surface area (Å²) in [5.41, 5.74) is 2.79. The summed E-state index contributed by atoms with van der Waals surface area (Å²) in [5, 5.41) is 2.79. The number of nitrogens with zero attached hydrogens (tertiary/aromatic N) is 1. The minimum atomic E-state index is -0.282. The number of carbonyl (C=O) groups excluding carboxylic acids is 3.